The van der Waals surface area contributed by atoms with Crippen LogP contribution in [-0.2, 0) is 6.42 Å². The Labute approximate surface area is 219 Å². The fourth-order valence-electron chi connectivity index (χ4n) is 5.36. The predicted octanol–water partition coefficient (Wildman–Crippen LogP) is 7.07. The fraction of sp³-hybridized carbons (Fsp3) is 0.500. The van der Waals surface area contributed by atoms with Gasteiger partial charge in [0.1, 0.15) is 11.5 Å². The summed E-state index contributed by atoms with van der Waals surface area (Å²) in [6.45, 7) is 6.65. The summed E-state index contributed by atoms with van der Waals surface area (Å²) in [6, 6.07) is 9.22. The number of halogens is 3. The van der Waals surface area contributed by atoms with Gasteiger partial charge in [0, 0.05) is 18.2 Å². The van der Waals surface area contributed by atoms with Crippen molar-refractivity contribution in [2.45, 2.75) is 77.9 Å². The molecule has 2 aliphatic rings. The number of nitrogens with one attached hydrogen (secondary N) is 1. The molecule has 206 valence electrons. The van der Waals surface area contributed by atoms with E-state index in [-0.39, 0.29) is 22.8 Å². The first-order valence-corrected chi connectivity index (χ1v) is 12.8. The van der Waals surface area contributed by atoms with E-state index in [4.69, 9.17) is 4.74 Å². The molecule has 0 bridgehead atoms. The van der Waals surface area contributed by atoms with Crippen LogP contribution in [0, 0.1) is 11.3 Å². The van der Waals surface area contributed by atoms with Gasteiger partial charge in [0.05, 0.1) is 5.56 Å². The first kappa shape index (κ1) is 27.6. The standard InChI is InChI=1S/C28H33F3N2O5/c1-27(2,3)19-7-11-21(12-8-19)33(24-15-6-17-4-5-18(25(34)35)16-23(17)37-24)26(36)32-20-9-13-22(14-10-20)38-28(29,30)31/h4-5,9-10,13-14,16,19,21,24H,6-8,11-12,15H2,1-3H3,(H,32,36)(H,34,35). The molecule has 1 saturated carbocycles. The van der Waals surface area contributed by atoms with Crippen molar-refractivity contribution in [1.82, 2.24) is 4.90 Å². The Bertz CT molecular complexity index is 1150. The van der Waals surface area contributed by atoms with E-state index in [0.29, 0.717) is 30.2 Å². The van der Waals surface area contributed by atoms with Crippen molar-refractivity contribution in [2.24, 2.45) is 11.3 Å². The highest BCUT2D eigenvalue weighted by Crippen LogP contribution is 2.41. The Morgan fingerprint density at radius 2 is 1.66 bits per heavy atom. The molecule has 2 amide bonds. The van der Waals surface area contributed by atoms with Crippen molar-refractivity contribution >= 4 is 17.7 Å². The molecule has 10 heteroatoms. The highest BCUT2D eigenvalue weighted by molar-refractivity contribution is 5.90. The van der Waals surface area contributed by atoms with Crippen LogP contribution in [0.25, 0.3) is 0 Å². The Kier molecular flexibility index (Phi) is 7.80. The lowest BCUT2D eigenvalue weighted by Crippen LogP contribution is -2.53. The third-order valence-corrected chi connectivity index (χ3v) is 7.44. The maximum absolute atomic E-state index is 13.6. The highest BCUT2D eigenvalue weighted by atomic mass is 19.4. The molecule has 2 N–H and O–H groups in total. The van der Waals surface area contributed by atoms with Crippen LogP contribution in [0.1, 0.15) is 68.8 Å². The van der Waals surface area contributed by atoms with Crippen molar-refractivity contribution in [1.29, 1.82) is 0 Å². The zero-order chi connectivity index (χ0) is 27.7. The van der Waals surface area contributed by atoms with Gasteiger partial charge in [-0.1, -0.05) is 26.8 Å². The number of rotatable bonds is 5. The number of carbonyl (C=O) groups is 2. The van der Waals surface area contributed by atoms with E-state index in [1.54, 1.807) is 11.0 Å². The molecule has 1 atom stereocenters. The average Bonchev–Trinajstić information content (AvgIpc) is 2.84. The molecule has 7 nitrogen and oxygen atoms in total. The topological polar surface area (TPSA) is 88.1 Å². The number of fused-ring (bicyclic) bond motifs is 1. The molecule has 0 aromatic heterocycles. The summed E-state index contributed by atoms with van der Waals surface area (Å²) in [7, 11) is 0. The molecule has 2 aromatic rings. The summed E-state index contributed by atoms with van der Waals surface area (Å²) in [5, 5.41) is 12.2. The van der Waals surface area contributed by atoms with Gasteiger partial charge >= 0.3 is 18.4 Å². The smallest absolute Gasteiger partial charge is 0.478 e. The third-order valence-electron chi connectivity index (χ3n) is 7.44. The summed E-state index contributed by atoms with van der Waals surface area (Å²) in [4.78, 5) is 26.8. The molecule has 1 unspecified atom stereocenters. The van der Waals surface area contributed by atoms with Crippen LogP contribution in [0.5, 0.6) is 11.5 Å². The SMILES string of the molecule is CC(C)(C)C1CCC(N(C(=O)Nc2ccc(OC(F)(F)F)cc2)C2CCc3ccc(C(=O)O)cc3O2)CC1. The lowest BCUT2D eigenvalue weighted by atomic mass is 9.71. The molecule has 0 radical (unpaired) electrons. The summed E-state index contributed by atoms with van der Waals surface area (Å²) in [6.07, 6.45) is -0.791. The second kappa shape index (κ2) is 10.7. The quantitative estimate of drug-likeness (QED) is 0.428. The van der Waals surface area contributed by atoms with Gasteiger partial charge in [-0.2, -0.15) is 0 Å². The normalized spacial score (nSPS) is 21.6. The molecule has 2 aromatic carbocycles. The van der Waals surface area contributed by atoms with Crippen molar-refractivity contribution in [2.75, 3.05) is 5.32 Å². The van der Waals surface area contributed by atoms with Crippen LogP contribution in [0.4, 0.5) is 23.7 Å². The average molecular weight is 535 g/mol. The number of benzene rings is 2. The van der Waals surface area contributed by atoms with Gasteiger partial charge in [0.2, 0.25) is 0 Å². The molecule has 1 heterocycles. The molecular weight excluding hydrogens is 501 g/mol. The molecule has 1 aliphatic carbocycles. The van der Waals surface area contributed by atoms with Crippen LogP contribution < -0.4 is 14.8 Å². The number of nitrogens with zero attached hydrogens (tertiary/aromatic N) is 1. The van der Waals surface area contributed by atoms with E-state index >= 15 is 0 Å². The number of carbonyl (C=O) groups excluding carboxylic acids is 1. The van der Waals surface area contributed by atoms with E-state index in [0.717, 1.165) is 43.4 Å². The monoisotopic (exact) mass is 534 g/mol. The lowest BCUT2D eigenvalue weighted by Gasteiger charge is -2.44. The summed E-state index contributed by atoms with van der Waals surface area (Å²) < 4.78 is 47.6. The number of anilines is 1. The molecule has 1 aliphatic heterocycles. The van der Waals surface area contributed by atoms with Gasteiger partial charge in [-0.15, -0.1) is 13.2 Å². The number of amides is 2. The Morgan fingerprint density at radius 3 is 2.24 bits per heavy atom. The number of ether oxygens (including phenoxy) is 2. The van der Waals surface area contributed by atoms with E-state index in [2.05, 4.69) is 30.8 Å². The minimum absolute atomic E-state index is 0.101. The van der Waals surface area contributed by atoms with E-state index in [9.17, 15) is 27.9 Å². The van der Waals surface area contributed by atoms with Gasteiger partial charge in [-0.25, -0.2) is 9.59 Å². The first-order valence-electron chi connectivity index (χ1n) is 12.8. The Hall–Kier alpha value is -3.43. The Balaban J connectivity index is 1.55. The number of carboxylic acid groups (broad SMARTS) is 1. The highest BCUT2D eigenvalue weighted by Gasteiger charge is 2.39. The molecule has 1 fully saturated rings. The largest absolute Gasteiger partial charge is 0.573 e. The van der Waals surface area contributed by atoms with Crippen LogP contribution in [0.2, 0.25) is 0 Å². The van der Waals surface area contributed by atoms with Crippen LogP contribution >= 0.6 is 0 Å². The maximum atomic E-state index is 13.6. The molecular formula is C28H33F3N2O5. The second-order valence-electron chi connectivity index (χ2n) is 11.0. The van der Waals surface area contributed by atoms with Crippen LogP contribution in [0.3, 0.4) is 0 Å². The van der Waals surface area contributed by atoms with Gasteiger partial charge in [-0.05, 0) is 85.4 Å². The Morgan fingerprint density at radius 1 is 1.00 bits per heavy atom. The number of hydrogen-bond acceptors (Lipinski definition) is 4. The fourth-order valence-corrected chi connectivity index (χ4v) is 5.36. The predicted molar refractivity (Wildman–Crippen MR) is 135 cm³/mol. The molecule has 0 saturated heterocycles. The molecule has 4 rings (SSSR count). The number of urea groups is 1. The molecule has 38 heavy (non-hydrogen) atoms. The van der Waals surface area contributed by atoms with Crippen molar-refractivity contribution < 1.29 is 37.3 Å². The van der Waals surface area contributed by atoms with E-state index < -0.39 is 24.6 Å². The lowest BCUT2D eigenvalue weighted by molar-refractivity contribution is -0.274. The number of aryl methyl sites for hydroxylation is 1. The van der Waals surface area contributed by atoms with Gasteiger partial charge < -0.3 is 19.9 Å². The number of carboxylic acids is 1. The molecule has 0 spiro atoms. The summed E-state index contributed by atoms with van der Waals surface area (Å²) >= 11 is 0. The summed E-state index contributed by atoms with van der Waals surface area (Å²) in [5.41, 5.74) is 1.46. The summed E-state index contributed by atoms with van der Waals surface area (Å²) in [5.74, 6) is -0.479. The van der Waals surface area contributed by atoms with E-state index in [1.165, 1.54) is 24.3 Å². The van der Waals surface area contributed by atoms with Crippen LogP contribution in [-0.4, -0.2) is 40.6 Å². The van der Waals surface area contributed by atoms with Gasteiger partial charge in [0.15, 0.2) is 6.23 Å². The van der Waals surface area contributed by atoms with Crippen molar-refractivity contribution in [3.05, 3.63) is 53.6 Å². The van der Waals surface area contributed by atoms with E-state index in [1.807, 2.05) is 0 Å². The number of hydrogen-bond donors (Lipinski definition) is 2. The van der Waals surface area contributed by atoms with Crippen LogP contribution in [0.15, 0.2) is 42.5 Å². The zero-order valence-electron chi connectivity index (χ0n) is 21.7. The van der Waals surface area contributed by atoms with Crippen molar-refractivity contribution in [3.8, 4) is 11.5 Å². The number of aromatic carboxylic acids is 1. The number of alkyl halides is 3. The minimum Gasteiger partial charge on any atom is -0.478 e. The minimum atomic E-state index is -4.80. The maximum Gasteiger partial charge on any atom is 0.573 e. The first-order chi connectivity index (χ1) is 17.8. The second-order valence-corrected chi connectivity index (χ2v) is 11.0. The zero-order valence-corrected chi connectivity index (χ0v) is 21.7. The van der Waals surface area contributed by atoms with Crippen molar-refractivity contribution in [3.63, 3.8) is 0 Å². The van der Waals surface area contributed by atoms with Gasteiger partial charge in [0.25, 0.3) is 0 Å². The third kappa shape index (κ3) is 6.71. The van der Waals surface area contributed by atoms with Gasteiger partial charge in [-0.3, -0.25) is 4.90 Å².